The first kappa shape index (κ1) is 13.3. The highest BCUT2D eigenvalue weighted by molar-refractivity contribution is 6.29. The molecule has 2 unspecified atom stereocenters. The predicted octanol–water partition coefficient (Wildman–Crippen LogP) is 5.13. The number of piperazine rings is 2. The van der Waals surface area contributed by atoms with Crippen LogP contribution in [0, 0.1) is 27.4 Å². The van der Waals surface area contributed by atoms with Crippen LogP contribution in [0.25, 0.3) is 0 Å². The van der Waals surface area contributed by atoms with Gasteiger partial charge in [0, 0.05) is 120 Å². The van der Waals surface area contributed by atoms with E-state index in [0.717, 1.165) is 0 Å². The molecule has 4 aromatic rings. The fraction of sp³-hybridized carbons (Fsp3) is 0.458. The molecule has 2 fully saturated rings. The number of methoxy groups -OCH3 is 2. The normalized spacial score (nSPS) is 38.3. The molecule has 15 heteroatoms. The van der Waals surface area contributed by atoms with Gasteiger partial charge in [0.25, 0.3) is 0 Å². The molecule has 6 rings (SSSR count). The number of carbonyl (C=O) groups excluding carboxylic acids is 2. The average Bonchev–Trinajstić information content (AvgIpc) is 0.673. The van der Waals surface area contributed by atoms with E-state index in [0.29, 0.717) is 0 Å². The highest BCUT2D eigenvalue weighted by Crippen LogP contribution is 2.27. The number of β-amino-alcohol motifs (C(OH)–C–C–N with tert-alkyl or cyclic N) is 2. The SMILES string of the molecule is [2H]c1c([2H])c(C([2H])([2H])[2H])c(NC(=O)CCl)c(C([2H])([2H])[2H])c1[2H].[2H]c1c([2H])c([2H])c(OC([2H])([2H])C([2H])(O)C([2H])([2H])N2C([2H])([2H])C([2H])([2H])N(CC(=O)Nc3c(C([2H])([2H])[2H])c([2H])c([2H])c([2H])c3C([2H])([2H])[2H])C([2H])([2H])C2([2H])[2H])c(OC([2H])([2H])[2H])c1[2H].[2H]c1c([2H])c([2H])c(OC([2H])([2H])C([2H])(O)C([2H])([2H])N2C([2H])([2H])C([2H])([2H])NC([2H])([2H])C2([2H])[2H])c(OC([2H])([2H])[2H])c1[2H]. The minimum absolute atomic E-state index is 0.541. The average molecular weight is 950 g/mol. The van der Waals surface area contributed by atoms with Crippen LogP contribution in [-0.2, 0) is 9.59 Å². The third kappa shape index (κ3) is 17.6. The quantitative estimate of drug-likeness (QED) is 0.0892. The number of hydrogen-bond acceptors (Lipinski definition) is 12. The number of nitrogens with one attached hydrogen (secondary N) is 3. The van der Waals surface area contributed by atoms with Crippen molar-refractivity contribution in [2.45, 2.75) is 39.6 Å². The first-order valence-electron chi connectivity index (χ1n) is 45.1. The summed E-state index contributed by atoms with van der Waals surface area (Å²) >= 11 is 5.32. The number of benzene rings is 4. The first-order chi connectivity index (χ1) is 53.0. The van der Waals surface area contributed by atoms with Crippen molar-refractivity contribution in [3.05, 3.63) is 107 Å². The van der Waals surface area contributed by atoms with Gasteiger partial charge in [-0.3, -0.25) is 24.3 Å². The number of anilines is 2. The van der Waals surface area contributed by atoms with Crippen LogP contribution in [0.15, 0.2) is 84.6 Å². The number of halogens is 1. The fourth-order valence-corrected chi connectivity index (χ4v) is 3.64. The highest BCUT2D eigenvalue weighted by atomic mass is 35.5. The molecule has 2 saturated heterocycles. The van der Waals surface area contributed by atoms with Crippen molar-refractivity contribution in [2.24, 2.45) is 0 Å². The van der Waals surface area contributed by atoms with Gasteiger partial charge in [-0.15, -0.1) is 11.6 Å². The van der Waals surface area contributed by atoms with Crippen molar-refractivity contribution in [1.29, 1.82) is 0 Å². The van der Waals surface area contributed by atoms with Gasteiger partial charge >= 0.3 is 0 Å². The smallest absolute Gasteiger partial charge is 0.239 e. The largest absolute Gasteiger partial charge is 0.493 e. The van der Waals surface area contributed by atoms with Crippen molar-refractivity contribution >= 4 is 34.8 Å². The minimum Gasteiger partial charge on any atom is -0.493 e. The lowest BCUT2D eigenvalue weighted by molar-refractivity contribution is -0.118. The summed E-state index contributed by atoms with van der Waals surface area (Å²) < 4.78 is 478. The van der Waals surface area contributed by atoms with Crippen LogP contribution in [0.1, 0.15) is 102 Å². The number of alkyl halides is 1. The van der Waals surface area contributed by atoms with Crippen molar-refractivity contribution in [3.8, 4) is 23.0 Å². The van der Waals surface area contributed by atoms with Gasteiger partial charge < -0.3 is 45.1 Å². The van der Waals surface area contributed by atoms with Crippen LogP contribution in [0.3, 0.4) is 0 Å². The van der Waals surface area contributed by atoms with E-state index in [1.807, 2.05) is 5.32 Å². The van der Waals surface area contributed by atoms with E-state index in [2.05, 4.69) is 9.47 Å². The topological polar surface area (TPSA) is 157 Å². The molecule has 5 N–H and O–H groups in total. The van der Waals surface area contributed by atoms with Gasteiger partial charge in [0.05, 0.1) is 56.3 Å². The monoisotopic (exact) mass is 949 g/mol. The van der Waals surface area contributed by atoms with Crippen molar-refractivity contribution in [1.82, 2.24) is 20.0 Å². The first-order valence-corrected chi connectivity index (χ1v) is 16.6. The van der Waals surface area contributed by atoms with Crippen LogP contribution in [0.2, 0.25) is 0 Å². The molecule has 14 nitrogen and oxygen atoms in total. The van der Waals surface area contributed by atoms with E-state index in [9.17, 15) is 19.8 Å². The Labute approximate surface area is 459 Å². The molecule has 2 atom stereocenters. The molecule has 0 spiro atoms. The van der Waals surface area contributed by atoms with Crippen LogP contribution < -0.4 is 34.9 Å². The summed E-state index contributed by atoms with van der Waals surface area (Å²) in [7, 11) is -6.97. The van der Waals surface area contributed by atoms with E-state index in [1.165, 1.54) is 5.32 Å². The number of ether oxygens (including phenoxy) is 4. The molecule has 0 bridgehead atoms. The molecule has 4 aromatic carbocycles. The number of hydrogen-bond donors (Lipinski definition) is 5. The summed E-state index contributed by atoms with van der Waals surface area (Å²) in [6.07, 6.45) is -9.44. The Morgan fingerprint density at radius 2 is 1.10 bits per heavy atom. The van der Waals surface area contributed by atoms with Gasteiger partial charge in [-0.25, -0.2) is 0 Å². The molecule has 2 aliphatic rings. The van der Waals surface area contributed by atoms with Gasteiger partial charge in [-0.05, 0) is 73.8 Å². The summed E-state index contributed by atoms with van der Waals surface area (Å²) in [6, 6.07) is -16.2. The number of aliphatic hydroxyl groups is 2. The van der Waals surface area contributed by atoms with Crippen LogP contribution in [0.4, 0.5) is 11.4 Å². The molecule has 0 saturated carbocycles. The van der Waals surface area contributed by atoms with Gasteiger partial charge in [0.2, 0.25) is 11.8 Å². The summed E-state index contributed by atoms with van der Waals surface area (Å²) in [6.45, 7) is -65.5. The Hall–Kier alpha value is -4.93. The highest BCUT2D eigenvalue weighted by Gasteiger charge is 2.22. The number of carbonyl (C=O) groups is 2. The van der Waals surface area contributed by atoms with Gasteiger partial charge in [0.15, 0.2) is 23.0 Å². The molecular formula is C48H67ClN6O8. The van der Waals surface area contributed by atoms with E-state index < -0.39 is 312 Å². The van der Waals surface area contributed by atoms with Crippen molar-refractivity contribution in [2.75, 3.05) is 115 Å². The number of para-hydroxylation sites is 6. The lowest BCUT2D eigenvalue weighted by atomic mass is 10.1. The molecular weight excluding hydrogens is 824 g/mol. The summed E-state index contributed by atoms with van der Waals surface area (Å²) in [5.74, 6) is -9.22. The second-order valence-corrected chi connectivity index (χ2v) is 10.6. The number of rotatable bonds is 17. The Morgan fingerprint density at radius 1 is 0.683 bits per heavy atom. The molecule has 0 aromatic heterocycles. The Bertz CT molecular complexity index is 4490. The molecule has 2 aliphatic heterocycles. The van der Waals surface area contributed by atoms with Crippen molar-refractivity contribution < 1.29 is 118 Å². The predicted molar refractivity (Wildman–Crippen MR) is 251 cm³/mol. The summed E-state index contributed by atoms with van der Waals surface area (Å²) in [5.41, 5.74) is -6.18. The molecule has 2 heterocycles. The van der Waals surface area contributed by atoms with E-state index in [4.69, 9.17) is 101 Å². The Morgan fingerprint density at radius 3 is 1.52 bits per heavy atom. The zero-order valence-corrected chi connectivity index (χ0v) is 31.7. The van der Waals surface area contributed by atoms with Crippen LogP contribution in [-0.4, -0.2) is 153 Å². The second-order valence-electron chi connectivity index (χ2n) is 10.4. The second kappa shape index (κ2) is 27.3. The van der Waals surface area contributed by atoms with Gasteiger partial charge in [-0.1, -0.05) is 60.4 Å². The Balaban J connectivity index is 0.000000428. The van der Waals surface area contributed by atoms with E-state index in [1.54, 1.807) is 5.32 Å². The van der Waals surface area contributed by atoms with Crippen molar-refractivity contribution in [3.63, 3.8) is 0 Å². The van der Waals surface area contributed by atoms with Crippen LogP contribution >= 0.6 is 11.6 Å². The Kier molecular flexibility index (Phi) is 5.78. The maximum absolute atomic E-state index is 13.5. The molecule has 0 aliphatic carbocycles. The zero-order chi connectivity index (χ0) is 96.1. The lowest BCUT2D eigenvalue weighted by Gasteiger charge is -2.35. The summed E-state index contributed by atoms with van der Waals surface area (Å²) in [5, 5.41) is 27.2. The van der Waals surface area contributed by atoms with Gasteiger partial charge in [-0.2, -0.15) is 0 Å². The molecule has 2 amide bonds. The number of amides is 2. The fourth-order valence-electron chi connectivity index (χ4n) is 3.58. The third-order valence-corrected chi connectivity index (χ3v) is 6.38. The maximum Gasteiger partial charge on any atom is 0.239 e. The zero-order valence-electron chi connectivity index (χ0n) is 89.0. The minimum atomic E-state index is -4.87. The lowest BCUT2D eigenvalue weighted by Crippen LogP contribution is -2.50. The maximum atomic E-state index is 13.5. The van der Waals surface area contributed by atoms with E-state index >= 15 is 0 Å². The molecule has 0 radical (unpaired) electrons. The molecule has 344 valence electrons. The molecule has 63 heavy (non-hydrogen) atoms. The standard InChI is InChI=1S/C24H33N3O4.C14H22N2O3.C10H12ClNO/c1-18-7-6-8-19(2)24(18)25-23(29)16-27-13-11-26(12-14-27)15-20(28)17-31-22-10-5-4-9-21(22)30-3;1-18-13-4-2-3-5-14(13)19-11-12(17)10-16-8-6-15-7-9-16;1-7-4-3-5-8(2)10(7)12-9(13)6-11/h4-10,20,28H,11-17H2,1-3H3,(H,25,29);2-5,12,15,17H,6-11H2,1H3;3-5H,6H2,1-2H3,(H,12,13)/i1D3,2D3,3D3,4D,5D,6D,7D,8D,9D,10D,11D2,12D2,13D2,14D2,15D2,17D2,20D;1D3,2D,3D,4D,5D,6D2,7D2,8D2,9D2,10D2,11D2,12D;1D3,2D3,3D,4D,5D. The van der Waals surface area contributed by atoms with Crippen LogP contribution in [0.5, 0.6) is 23.0 Å². The van der Waals surface area contributed by atoms with Gasteiger partial charge in [0.1, 0.15) is 31.2 Å². The number of nitrogens with zero attached hydrogens (tertiary/aromatic N) is 3. The summed E-state index contributed by atoms with van der Waals surface area (Å²) in [4.78, 5) is 22.4. The third-order valence-electron chi connectivity index (χ3n) is 6.14. The van der Waals surface area contributed by atoms with E-state index in [-0.39, 0.29) is 0 Å².